The number of fused-ring (bicyclic) bond motifs is 1. The summed E-state index contributed by atoms with van der Waals surface area (Å²) in [5.74, 6) is 0.242. The van der Waals surface area contributed by atoms with Crippen molar-refractivity contribution in [2.24, 2.45) is 11.7 Å². The maximum absolute atomic E-state index is 12.6. The van der Waals surface area contributed by atoms with E-state index in [0.717, 1.165) is 12.0 Å². The summed E-state index contributed by atoms with van der Waals surface area (Å²) < 4.78 is 24.9. The molecule has 142 valence electrons. The third-order valence-electron chi connectivity index (χ3n) is 4.32. The van der Waals surface area contributed by atoms with Gasteiger partial charge in [-0.25, -0.2) is 8.42 Å². The molecule has 0 bridgehead atoms. The summed E-state index contributed by atoms with van der Waals surface area (Å²) in [5, 5.41) is 3.03. The van der Waals surface area contributed by atoms with Gasteiger partial charge in [0.2, 0.25) is 10.0 Å². The highest BCUT2D eigenvalue weighted by molar-refractivity contribution is 7.92. The molecule has 6 nitrogen and oxygen atoms in total. The summed E-state index contributed by atoms with van der Waals surface area (Å²) in [7, 11) is -3.28. The summed E-state index contributed by atoms with van der Waals surface area (Å²) >= 11 is 0. The zero-order valence-electron chi connectivity index (χ0n) is 15.2. The quantitative estimate of drug-likeness (QED) is 0.777. The van der Waals surface area contributed by atoms with Crippen LogP contribution in [0.25, 0.3) is 0 Å². The van der Waals surface area contributed by atoms with E-state index >= 15 is 0 Å². The van der Waals surface area contributed by atoms with Crippen LogP contribution in [0, 0.1) is 5.92 Å². The van der Waals surface area contributed by atoms with Crippen molar-refractivity contribution >= 4 is 34.0 Å². The van der Waals surface area contributed by atoms with Crippen LogP contribution in [0.2, 0.25) is 0 Å². The SMILES string of the molecule is CC(C)CC(C)(CN)NC(=O)c1ccc2c(c1)CCN2S(C)(=O)=O.Cl. The third kappa shape index (κ3) is 5.09. The van der Waals surface area contributed by atoms with E-state index < -0.39 is 15.6 Å². The highest BCUT2D eigenvalue weighted by atomic mass is 35.5. The standard InChI is InChI=1S/C17H27N3O3S.ClH/c1-12(2)10-17(3,11-18)19-16(21)14-5-6-15-13(9-14)7-8-20(15)24(4,22)23;/h5-6,9,12H,7-8,10-11,18H2,1-4H3,(H,19,21);1H. The van der Waals surface area contributed by atoms with Crippen LogP contribution in [-0.4, -0.2) is 39.2 Å². The van der Waals surface area contributed by atoms with E-state index in [-0.39, 0.29) is 18.3 Å². The number of anilines is 1. The van der Waals surface area contributed by atoms with Crippen molar-refractivity contribution in [3.63, 3.8) is 0 Å². The Morgan fingerprint density at radius 3 is 2.56 bits per heavy atom. The Bertz CT molecular complexity index is 737. The molecule has 0 spiro atoms. The zero-order chi connectivity index (χ0) is 18.1. The smallest absolute Gasteiger partial charge is 0.251 e. The van der Waals surface area contributed by atoms with Crippen LogP contribution in [0.15, 0.2) is 18.2 Å². The molecule has 1 aromatic rings. The maximum Gasteiger partial charge on any atom is 0.251 e. The van der Waals surface area contributed by atoms with Crippen LogP contribution in [-0.2, 0) is 16.4 Å². The van der Waals surface area contributed by atoms with Crippen molar-refractivity contribution < 1.29 is 13.2 Å². The van der Waals surface area contributed by atoms with E-state index in [0.29, 0.717) is 36.7 Å². The summed E-state index contributed by atoms with van der Waals surface area (Å²) in [6, 6.07) is 5.16. The van der Waals surface area contributed by atoms with Gasteiger partial charge in [-0.2, -0.15) is 0 Å². The van der Waals surface area contributed by atoms with Gasteiger partial charge in [0.15, 0.2) is 0 Å². The molecule has 3 N–H and O–H groups in total. The lowest BCUT2D eigenvalue weighted by atomic mass is 9.90. The molecule has 0 fully saturated rings. The Hall–Kier alpha value is -1.31. The van der Waals surface area contributed by atoms with Crippen molar-refractivity contribution in [3.8, 4) is 0 Å². The number of rotatable bonds is 6. The molecule has 1 aliphatic heterocycles. The molecule has 1 aromatic carbocycles. The Morgan fingerprint density at radius 2 is 2.04 bits per heavy atom. The number of hydrogen-bond donors (Lipinski definition) is 2. The van der Waals surface area contributed by atoms with E-state index in [1.165, 1.54) is 10.6 Å². The molecule has 1 heterocycles. The Labute approximate surface area is 156 Å². The lowest BCUT2D eigenvalue weighted by Gasteiger charge is -2.31. The maximum atomic E-state index is 12.6. The number of nitrogens with zero attached hydrogens (tertiary/aromatic N) is 1. The minimum Gasteiger partial charge on any atom is -0.346 e. The highest BCUT2D eigenvalue weighted by Crippen LogP contribution is 2.30. The van der Waals surface area contributed by atoms with E-state index in [2.05, 4.69) is 19.2 Å². The Balaban J connectivity index is 0.00000312. The number of amides is 1. The van der Waals surface area contributed by atoms with Gasteiger partial charge in [0, 0.05) is 24.2 Å². The van der Waals surface area contributed by atoms with Crippen LogP contribution in [0.4, 0.5) is 5.69 Å². The monoisotopic (exact) mass is 389 g/mol. The Morgan fingerprint density at radius 1 is 1.40 bits per heavy atom. The number of sulfonamides is 1. The molecule has 0 aliphatic carbocycles. The number of hydrogen-bond acceptors (Lipinski definition) is 4. The fourth-order valence-electron chi connectivity index (χ4n) is 3.29. The first kappa shape index (κ1) is 21.7. The number of halogens is 1. The van der Waals surface area contributed by atoms with Gasteiger partial charge in [0.25, 0.3) is 5.91 Å². The summed E-state index contributed by atoms with van der Waals surface area (Å²) in [6.45, 7) is 6.92. The average Bonchev–Trinajstić information content (AvgIpc) is 2.89. The lowest BCUT2D eigenvalue weighted by Crippen LogP contribution is -2.52. The number of carbonyl (C=O) groups is 1. The number of nitrogens with two attached hydrogens (primary N) is 1. The molecule has 2 rings (SSSR count). The normalized spacial score (nSPS) is 16.2. The minimum atomic E-state index is -3.28. The van der Waals surface area contributed by atoms with Gasteiger partial charge in [-0.3, -0.25) is 9.10 Å². The van der Waals surface area contributed by atoms with Crippen molar-refractivity contribution in [1.29, 1.82) is 0 Å². The van der Waals surface area contributed by atoms with Gasteiger partial charge in [-0.15, -0.1) is 12.4 Å². The van der Waals surface area contributed by atoms with Gasteiger partial charge < -0.3 is 11.1 Å². The second-order valence-electron chi connectivity index (χ2n) is 7.25. The van der Waals surface area contributed by atoms with Gasteiger partial charge in [0.05, 0.1) is 11.9 Å². The van der Waals surface area contributed by atoms with Crippen LogP contribution < -0.4 is 15.4 Å². The first-order valence-corrected chi connectivity index (χ1v) is 10.0. The predicted molar refractivity (Wildman–Crippen MR) is 104 cm³/mol. The van der Waals surface area contributed by atoms with Crippen molar-refractivity contribution in [2.45, 2.75) is 39.2 Å². The van der Waals surface area contributed by atoms with Gasteiger partial charge >= 0.3 is 0 Å². The molecule has 1 unspecified atom stereocenters. The minimum absolute atomic E-state index is 0. The van der Waals surface area contributed by atoms with E-state index in [4.69, 9.17) is 5.73 Å². The molecule has 25 heavy (non-hydrogen) atoms. The molecule has 0 aromatic heterocycles. The van der Waals surface area contributed by atoms with Crippen LogP contribution in [0.3, 0.4) is 0 Å². The number of nitrogens with one attached hydrogen (secondary N) is 1. The van der Waals surface area contributed by atoms with Gasteiger partial charge in [-0.05, 0) is 49.4 Å². The zero-order valence-corrected chi connectivity index (χ0v) is 16.8. The predicted octanol–water partition coefficient (Wildman–Crippen LogP) is 1.92. The van der Waals surface area contributed by atoms with Crippen molar-refractivity contribution in [3.05, 3.63) is 29.3 Å². The largest absolute Gasteiger partial charge is 0.346 e. The topological polar surface area (TPSA) is 92.5 Å². The van der Waals surface area contributed by atoms with Crippen LogP contribution >= 0.6 is 12.4 Å². The van der Waals surface area contributed by atoms with Crippen molar-refractivity contribution in [2.75, 3.05) is 23.7 Å². The molecule has 1 atom stereocenters. The van der Waals surface area contributed by atoms with E-state index in [1.54, 1.807) is 18.2 Å². The number of benzene rings is 1. The van der Waals surface area contributed by atoms with Crippen molar-refractivity contribution in [1.82, 2.24) is 5.32 Å². The molecule has 8 heteroatoms. The second-order valence-corrected chi connectivity index (χ2v) is 9.15. The average molecular weight is 390 g/mol. The Kier molecular flexibility index (Phi) is 6.89. The molecule has 0 radical (unpaired) electrons. The van der Waals surface area contributed by atoms with Crippen LogP contribution in [0.5, 0.6) is 0 Å². The van der Waals surface area contributed by atoms with E-state index in [1.807, 2.05) is 6.92 Å². The second kappa shape index (κ2) is 7.93. The van der Waals surface area contributed by atoms with E-state index in [9.17, 15) is 13.2 Å². The fourth-order valence-corrected chi connectivity index (χ4v) is 4.25. The first-order valence-electron chi connectivity index (χ1n) is 8.19. The van der Waals surface area contributed by atoms with Gasteiger partial charge in [-0.1, -0.05) is 13.8 Å². The molecule has 0 saturated carbocycles. The first-order chi connectivity index (χ1) is 11.1. The molecular formula is C17H28ClN3O3S. The lowest BCUT2D eigenvalue weighted by molar-refractivity contribution is 0.0898. The molecule has 0 saturated heterocycles. The summed E-state index contributed by atoms with van der Waals surface area (Å²) in [4.78, 5) is 12.6. The fraction of sp³-hybridized carbons (Fsp3) is 0.588. The summed E-state index contributed by atoms with van der Waals surface area (Å²) in [5.41, 5.74) is 7.47. The highest BCUT2D eigenvalue weighted by Gasteiger charge is 2.29. The van der Waals surface area contributed by atoms with Gasteiger partial charge in [0.1, 0.15) is 0 Å². The number of carbonyl (C=O) groups excluding carboxylic acids is 1. The molecule has 1 aliphatic rings. The van der Waals surface area contributed by atoms with Crippen LogP contribution in [0.1, 0.15) is 43.1 Å². The summed E-state index contributed by atoms with van der Waals surface area (Å²) in [6.07, 6.45) is 2.60. The molecule has 1 amide bonds. The molecular weight excluding hydrogens is 362 g/mol. The third-order valence-corrected chi connectivity index (χ3v) is 5.50.